The average molecular weight is 305 g/mol. The second-order valence-corrected chi connectivity index (χ2v) is 6.71. The van der Waals surface area contributed by atoms with E-state index in [4.69, 9.17) is 5.73 Å². The Morgan fingerprint density at radius 2 is 1.94 bits per heavy atom. The van der Waals surface area contributed by atoms with Gasteiger partial charge in [0.05, 0.1) is 9.85 Å². The lowest BCUT2D eigenvalue weighted by molar-refractivity contribution is 0.463. The molecule has 0 saturated carbocycles. The zero-order valence-electron chi connectivity index (χ0n) is 8.64. The molecule has 1 atom stereocenters. The van der Waals surface area contributed by atoms with Crippen LogP contribution < -0.4 is 5.73 Å². The van der Waals surface area contributed by atoms with Gasteiger partial charge < -0.3 is 5.73 Å². The van der Waals surface area contributed by atoms with Crippen molar-refractivity contribution in [2.45, 2.75) is 22.7 Å². The molecule has 1 unspecified atom stereocenters. The summed E-state index contributed by atoms with van der Waals surface area (Å²) in [5, 5.41) is 0. The van der Waals surface area contributed by atoms with E-state index in [1.807, 2.05) is 0 Å². The number of benzene rings is 1. The van der Waals surface area contributed by atoms with Crippen molar-refractivity contribution < 1.29 is 8.42 Å². The maximum atomic E-state index is 12.2. The number of hydrogen-bond donors (Lipinski definition) is 1. The van der Waals surface area contributed by atoms with Gasteiger partial charge in [0, 0.05) is 12.2 Å². The number of rotatable bonds is 2. The molecule has 0 radical (unpaired) electrons. The van der Waals surface area contributed by atoms with Gasteiger partial charge in [-0.3, -0.25) is 0 Å². The Kier molecular flexibility index (Phi) is 3.23. The minimum Gasteiger partial charge on any atom is -0.399 e. The van der Waals surface area contributed by atoms with Crippen LogP contribution in [0.15, 0.2) is 29.2 Å². The standard InChI is InChI=1S/C10H13BrN2O2S/c11-10-2-1-7-13(10)16(14,15)9-5-3-8(12)4-6-9/h3-6,10H,1-2,7,12H2. The number of alkyl halides is 1. The normalized spacial score (nSPS) is 22.4. The van der Waals surface area contributed by atoms with E-state index in [1.165, 1.54) is 4.31 Å². The van der Waals surface area contributed by atoms with E-state index in [0.29, 0.717) is 17.1 Å². The van der Waals surface area contributed by atoms with Crippen LogP contribution in [0.4, 0.5) is 5.69 Å². The molecule has 1 aromatic carbocycles. The number of nitrogens with zero attached hydrogens (tertiary/aromatic N) is 1. The maximum absolute atomic E-state index is 12.2. The summed E-state index contributed by atoms with van der Waals surface area (Å²) in [5.74, 6) is 0. The van der Waals surface area contributed by atoms with E-state index in [9.17, 15) is 8.42 Å². The second kappa shape index (κ2) is 4.35. The number of halogens is 1. The van der Waals surface area contributed by atoms with Crippen LogP contribution in [0, 0.1) is 0 Å². The molecule has 0 spiro atoms. The molecule has 2 N–H and O–H groups in total. The topological polar surface area (TPSA) is 63.4 Å². The van der Waals surface area contributed by atoms with Gasteiger partial charge in [-0.25, -0.2) is 8.42 Å². The van der Waals surface area contributed by atoms with Crippen LogP contribution in [0.1, 0.15) is 12.8 Å². The fourth-order valence-electron chi connectivity index (χ4n) is 1.75. The first kappa shape index (κ1) is 11.9. The minimum atomic E-state index is -3.37. The highest BCUT2D eigenvalue weighted by atomic mass is 79.9. The molecule has 1 aliphatic heterocycles. The van der Waals surface area contributed by atoms with Crippen molar-refractivity contribution in [3.8, 4) is 0 Å². The van der Waals surface area contributed by atoms with Crippen LogP contribution in [-0.2, 0) is 10.0 Å². The molecule has 16 heavy (non-hydrogen) atoms. The van der Waals surface area contributed by atoms with Crippen molar-refractivity contribution in [1.82, 2.24) is 4.31 Å². The van der Waals surface area contributed by atoms with E-state index < -0.39 is 10.0 Å². The highest BCUT2D eigenvalue weighted by Crippen LogP contribution is 2.29. The number of nitrogen functional groups attached to an aromatic ring is 1. The van der Waals surface area contributed by atoms with E-state index in [-0.39, 0.29) is 4.95 Å². The van der Waals surface area contributed by atoms with E-state index >= 15 is 0 Å². The fourth-order valence-corrected chi connectivity index (χ4v) is 4.46. The zero-order chi connectivity index (χ0) is 11.8. The van der Waals surface area contributed by atoms with E-state index in [1.54, 1.807) is 24.3 Å². The van der Waals surface area contributed by atoms with Crippen LogP contribution in [0.5, 0.6) is 0 Å². The number of anilines is 1. The summed E-state index contributed by atoms with van der Waals surface area (Å²) in [5.41, 5.74) is 6.10. The van der Waals surface area contributed by atoms with Crippen LogP contribution in [0.3, 0.4) is 0 Å². The van der Waals surface area contributed by atoms with Crippen molar-refractivity contribution in [3.63, 3.8) is 0 Å². The van der Waals surface area contributed by atoms with Crippen molar-refractivity contribution in [2.75, 3.05) is 12.3 Å². The first-order chi connectivity index (χ1) is 7.51. The third-order valence-electron chi connectivity index (χ3n) is 2.62. The summed E-state index contributed by atoms with van der Waals surface area (Å²) in [6.07, 6.45) is 1.75. The van der Waals surface area contributed by atoms with Crippen molar-refractivity contribution >= 4 is 31.6 Å². The van der Waals surface area contributed by atoms with Gasteiger partial charge in [-0.2, -0.15) is 4.31 Å². The Bertz CT molecular complexity index is 472. The predicted octanol–water partition coefficient (Wildman–Crippen LogP) is 1.77. The smallest absolute Gasteiger partial charge is 0.244 e. The molecule has 4 nitrogen and oxygen atoms in total. The lowest BCUT2D eigenvalue weighted by Crippen LogP contribution is -2.32. The molecule has 1 fully saturated rings. The van der Waals surface area contributed by atoms with Crippen LogP contribution in [-0.4, -0.2) is 24.2 Å². The Labute approximate surface area is 104 Å². The van der Waals surface area contributed by atoms with E-state index in [2.05, 4.69) is 15.9 Å². The van der Waals surface area contributed by atoms with Crippen molar-refractivity contribution in [2.24, 2.45) is 0 Å². The van der Waals surface area contributed by atoms with Crippen LogP contribution >= 0.6 is 15.9 Å². The monoisotopic (exact) mass is 304 g/mol. The van der Waals surface area contributed by atoms with Gasteiger partial charge in [-0.05, 0) is 37.1 Å². The first-order valence-electron chi connectivity index (χ1n) is 5.03. The van der Waals surface area contributed by atoms with Gasteiger partial charge in [0.25, 0.3) is 0 Å². The van der Waals surface area contributed by atoms with Crippen LogP contribution in [0.2, 0.25) is 0 Å². The quantitative estimate of drug-likeness (QED) is 0.514. The largest absolute Gasteiger partial charge is 0.399 e. The molecule has 1 heterocycles. The molecule has 0 bridgehead atoms. The third-order valence-corrected chi connectivity index (χ3v) is 5.77. The van der Waals surface area contributed by atoms with Gasteiger partial charge >= 0.3 is 0 Å². The molecule has 6 heteroatoms. The number of hydrogen-bond acceptors (Lipinski definition) is 3. The van der Waals surface area contributed by atoms with Gasteiger partial charge in [0.1, 0.15) is 0 Å². The Morgan fingerprint density at radius 3 is 2.44 bits per heavy atom. The summed E-state index contributed by atoms with van der Waals surface area (Å²) in [6.45, 7) is 0.572. The van der Waals surface area contributed by atoms with Gasteiger partial charge in [0.15, 0.2) is 0 Å². The molecule has 1 aliphatic rings. The molecule has 0 amide bonds. The SMILES string of the molecule is Nc1ccc(S(=O)(=O)N2CCCC2Br)cc1. The van der Waals surface area contributed by atoms with Crippen molar-refractivity contribution in [3.05, 3.63) is 24.3 Å². The minimum absolute atomic E-state index is 0.0879. The lowest BCUT2D eigenvalue weighted by atomic mass is 10.3. The Hall–Kier alpha value is -0.590. The Morgan fingerprint density at radius 1 is 1.31 bits per heavy atom. The van der Waals surface area contributed by atoms with Crippen LogP contribution in [0.25, 0.3) is 0 Å². The first-order valence-corrected chi connectivity index (χ1v) is 7.39. The third kappa shape index (κ3) is 2.09. The second-order valence-electron chi connectivity index (χ2n) is 3.76. The number of nitrogens with two attached hydrogens (primary N) is 1. The molecule has 0 aromatic heterocycles. The lowest BCUT2D eigenvalue weighted by Gasteiger charge is -2.19. The molecule has 0 aliphatic carbocycles. The van der Waals surface area contributed by atoms with Crippen molar-refractivity contribution in [1.29, 1.82) is 0 Å². The van der Waals surface area contributed by atoms with Gasteiger partial charge in [-0.1, -0.05) is 15.9 Å². The maximum Gasteiger partial charge on any atom is 0.244 e. The van der Waals surface area contributed by atoms with Gasteiger partial charge in [-0.15, -0.1) is 0 Å². The molecule has 2 rings (SSSR count). The summed E-state index contributed by atoms with van der Waals surface area (Å²) >= 11 is 3.37. The average Bonchev–Trinajstić information content (AvgIpc) is 2.66. The zero-order valence-corrected chi connectivity index (χ0v) is 11.0. The molecule has 88 valence electrons. The predicted molar refractivity (Wildman–Crippen MR) is 66.7 cm³/mol. The summed E-state index contributed by atoms with van der Waals surface area (Å²) < 4.78 is 25.9. The highest BCUT2D eigenvalue weighted by molar-refractivity contribution is 9.09. The number of sulfonamides is 1. The molecule has 1 saturated heterocycles. The Balaban J connectivity index is 2.35. The molecule has 1 aromatic rings. The molecular formula is C10H13BrN2O2S. The van der Waals surface area contributed by atoms with Gasteiger partial charge in [0.2, 0.25) is 10.0 Å². The highest BCUT2D eigenvalue weighted by Gasteiger charge is 2.33. The van der Waals surface area contributed by atoms with E-state index in [0.717, 1.165) is 12.8 Å². The molecular weight excluding hydrogens is 292 g/mol. The fraction of sp³-hybridized carbons (Fsp3) is 0.400. The summed E-state index contributed by atoms with van der Waals surface area (Å²) in [7, 11) is -3.37. The summed E-state index contributed by atoms with van der Waals surface area (Å²) in [6, 6.07) is 6.30. The summed E-state index contributed by atoms with van der Waals surface area (Å²) in [4.78, 5) is 0.211.